The van der Waals surface area contributed by atoms with Crippen LogP contribution >= 0.6 is 11.3 Å². The molecule has 0 radical (unpaired) electrons. The molecule has 0 saturated carbocycles. The Morgan fingerprint density at radius 2 is 2.14 bits per heavy atom. The third kappa shape index (κ3) is 2.85. The molecule has 3 nitrogen and oxygen atoms in total. The molecule has 2 aromatic rings. The first kappa shape index (κ1) is 13.9. The highest BCUT2D eigenvalue weighted by Gasteiger charge is 2.25. The van der Waals surface area contributed by atoms with Crippen LogP contribution in [0.4, 0.5) is 5.69 Å². The summed E-state index contributed by atoms with van der Waals surface area (Å²) < 4.78 is 0. The van der Waals surface area contributed by atoms with Gasteiger partial charge in [-0.25, -0.2) is 0 Å². The molecular weight excluding hydrogens is 282 g/mol. The van der Waals surface area contributed by atoms with Crippen molar-refractivity contribution in [1.29, 1.82) is 0 Å². The second kappa shape index (κ2) is 6.13. The fourth-order valence-electron chi connectivity index (χ4n) is 2.41. The van der Waals surface area contributed by atoms with Crippen molar-refractivity contribution in [1.82, 2.24) is 0 Å². The fraction of sp³-hybridized carbons (Fsp3) is 0.235. The van der Waals surface area contributed by atoms with Crippen LogP contribution in [0.1, 0.15) is 26.5 Å². The molecule has 0 spiro atoms. The van der Waals surface area contributed by atoms with Gasteiger partial charge in [0.25, 0.3) is 5.91 Å². The van der Waals surface area contributed by atoms with Gasteiger partial charge in [-0.05, 0) is 30.2 Å². The number of rotatable bonds is 2. The Morgan fingerprint density at radius 1 is 1.29 bits per heavy atom. The molecule has 1 N–H and O–H groups in total. The molecule has 1 amide bonds. The molecule has 3 rings (SSSR count). The van der Waals surface area contributed by atoms with Crippen LogP contribution in [0, 0.1) is 11.8 Å². The van der Waals surface area contributed by atoms with Crippen molar-refractivity contribution in [2.75, 3.05) is 18.1 Å². The van der Waals surface area contributed by atoms with E-state index in [4.69, 9.17) is 5.11 Å². The second-order valence-corrected chi connectivity index (χ2v) is 5.86. The number of nitrogens with zero attached hydrogens (tertiary/aromatic N) is 1. The van der Waals surface area contributed by atoms with E-state index in [2.05, 4.69) is 17.9 Å². The second-order valence-electron chi connectivity index (χ2n) is 4.77. The summed E-state index contributed by atoms with van der Waals surface area (Å²) in [6.45, 7) is 0.802. The summed E-state index contributed by atoms with van der Waals surface area (Å²) in [6, 6.07) is 11.7. The summed E-state index contributed by atoms with van der Waals surface area (Å²) in [7, 11) is 0. The Morgan fingerprint density at radius 3 is 3.00 bits per heavy atom. The van der Waals surface area contributed by atoms with Gasteiger partial charge in [-0.1, -0.05) is 30.0 Å². The fourth-order valence-corrected chi connectivity index (χ4v) is 3.24. The van der Waals surface area contributed by atoms with E-state index >= 15 is 0 Å². The van der Waals surface area contributed by atoms with E-state index in [9.17, 15) is 4.79 Å². The highest BCUT2D eigenvalue weighted by atomic mass is 32.1. The van der Waals surface area contributed by atoms with Crippen molar-refractivity contribution in [2.24, 2.45) is 0 Å². The first-order valence-corrected chi connectivity index (χ1v) is 7.70. The maximum absolute atomic E-state index is 12.6. The molecule has 2 heterocycles. The Hall–Kier alpha value is -2.09. The third-order valence-electron chi connectivity index (χ3n) is 3.40. The predicted molar refractivity (Wildman–Crippen MR) is 84.7 cm³/mol. The molecule has 0 fully saturated rings. The Kier molecular flexibility index (Phi) is 4.05. The van der Waals surface area contributed by atoms with Gasteiger partial charge in [-0.2, -0.15) is 0 Å². The van der Waals surface area contributed by atoms with Gasteiger partial charge in [0.05, 0.1) is 16.4 Å². The van der Waals surface area contributed by atoms with Crippen molar-refractivity contribution in [2.45, 2.75) is 12.8 Å². The van der Waals surface area contributed by atoms with E-state index in [1.807, 2.05) is 35.2 Å². The topological polar surface area (TPSA) is 40.5 Å². The molecule has 0 bridgehead atoms. The largest absolute Gasteiger partial charge is 0.395 e. The average molecular weight is 297 g/mol. The van der Waals surface area contributed by atoms with Crippen molar-refractivity contribution < 1.29 is 9.90 Å². The minimum atomic E-state index is 0.0418. The number of aliphatic hydroxyl groups excluding tert-OH is 1. The van der Waals surface area contributed by atoms with E-state index in [1.54, 1.807) is 0 Å². The standard InChI is InChI=1S/C17H15NO2S/c19-12-4-3-6-14-8-9-16(21-14)17(20)18-11-10-13-5-1-2-7-15(13)18/h1-2,5,7-9,19H,4,10-12H2. The van der Waals surface area contributed by atoms with Crippen molar-refractivity contribution in [3.05, 3.63) is 51.7 Å². The summed E-state index contributed by atoms with van der Waals surface area (Å²) in [5.41, 5.74) is 2.24. The summed E-state index contributed by atoms with van der Waals surface area (Å²) in [4.78, 5) is 16.0. The van der Waals surface area contributed by atoms with Gasteiger partial charge < -0.3 is 10.0 Å². The molecule has 1 aliphatic rings. The molecule has 21 heavy (non-hydrogen) atoms. The molecule has 1 aliphatic heterocycles. The van der Waals surface area contributed by atoms with Crippen LogP contribution in [-0.2, 0) is 6.42 Å². The van der Waals surface area contributed by atoms with Crippen LogP contribution in [-0.4, -0.2) is 24.2 Å². The number of para-hydroxylation sites is 1. The number of anilines is 1. The van der Waals surface area contributed by atoms with Gasteiger partial charge >= 0.3 is 0 Å². The first-order valence-electron chi connectivity index (χ1n) is 6.89. The monoisotopic (exact) mass is 297 g/mol. The third-order valence-corrected chi connectivity index (χ3v) is 4.39. The van der Waals surface area contributed by atoms with E-state index in [0.29, 0.717) is 11.3 Å². The Labute approximate surface area is 127 Å². The molecule has 1 aromatic heterocycles. The number of amides is 1. The molecule has 0 saturated heterocycles. The number of hydrogen-bond acceptors (Lipinski definition) is 3. The normalized spacial score (nSPS) is 12.7. The molecule has 4 heteroatoms. The number of benzene rings is 1. The average Bonchev–Trinajstić information content (AvgIpc) is 3.14. The molecule has 0 unspecified atom stereocenters. The van der Waals surface area contributed by atoms with Crippen LogP contribution in [0.25, 0.3) is 0 Å². The highest BCUT2D eigenvalue weighted by molar-refractivity contribution is 7.14. The van der Waals surface area contributed by atoms with Crippen molar-refractivity contribution in [3.8, 4) is 11.8 Å². The van der Waals surface area contributed by atoms with Gasteiger partial charge in [0.15, 0.2) is 0 Å². The highest BCUT2D eigenvalue weighted by Crippen LogP contribution is 2.30. The van der Waals surface area contributed by atoms with Crippen molar-refractivity contribution >= 4 is 22.9 Å². The lowest BCUT2D eigenvalue weighted by atomic mass is 10.2. The number of thiophene rings is 1. The molecule has 0 aliphatic carbocycles. The van der Waals surface area contributed by atoms with Crippen LogP contribution in [0.3, 0.4) is 0 Å². The van der Waals surface area contributed by atoms with Crippen LogP contribution < -0.4 is 4.90 Å². The Balaban J connectivity index is 1.80. The number of aliphatic hydroxyl groups is 1. The molecular formula is C17H15NO2S. The van der Waals surface area contributed by atoms with Crippen LogP contribution in [0.2, 0.25) is 0 Å². The number of carbonyl (C=O) groups is 1. The zero-order valence-electron chi connectivity index (χ0n) is 11.5. The maximum Gasteiger partial charge on any atom is 0.268 e. The zero-order chi connectivity index (χ0) is 14.7. The summed E-state index contributed by atoms with van der Waals surface area (Å²) >= 11 is 1.41. The number of fused-ring (bicyclic) bond motifs is 1. The quantitative estimate of drug-likeness (QED) is 0.866. The SMILES string of the molecule is O=C(c1ccc(C#CCCO)s1)N1CCc2ccccc21. The molecule has 106 valence electrons. The lowest BCUT2D eigenvalue weighted by molar-refractivity contribution is 0.0993. The van der Waals surface area contributed by atoms with Crippen LogP contribution in [0.15, 0.2) is 36.4 Å². The maximum atomic E-state index is 12.6. The Bertz CT molecular complexity index is 724. The van der Waals surface area contributed by atoms with Gasteiger partial charge in [-0.15, -0.1) is 11.3 Å². The van der Waals surface area contributed by atoms with E-state index in [1.165, 1.54) is 16.9 Å². The number of carbonyl (C=O) groups excluding carboxylic acids is 1. The van der Waals surface area contributed by atoms with E-state index < -0.39 is 0 Å². The summed E-state index contributed by atoms with van der Waals surface area (Å²) in [5, 5.41) is 8.71. The number of hydrogen-bond donors (Lipinski definition) is 1. The van der Waals surface area contributed by atoms with Gasteiger partial charge in [-0.3, -0.25) is 4.79 Å². The van der Waals surface area contributed by atoms with Crippen molar-refractivity contribution in [3.63, 3.8) is 0 Å². The minimum absolute atomic E-state index is 0.0418. The molecule has 1 aromatic carbocycles. The van der Waals surface area contributed by atoms with Crippen LogP contribution in [0.5, 0.6) is 0 Å². The predicted octanol–water partition coefficient (Wildman–Crippen LogP) is 2.68. The minimum Gasteiger partial charge on any atom is -0.395 e. The van der Waals surface area contributed by atoms with Gasteiger partial charge in [0, 0.05) is 18.7 Å². The molecule has 0 atom stereocenters. The lowest BCUT2D eigenvalue weighted by Gasteiger charge is -2.15. The van der Waals surface area contributed by atoms with Gasteiger partial charge in [0.2, 0.25) is 0 Å². The smallest absolute Gasteiger partial charge is 0.268 e. The first-order chi connectivity index (χ1) is 10.3. The lowest BCUT2D eigenvalue weighted by Crippen LogP contribution is -2.28. The van der Waals surface area contributed by atoms with E-state index in [0.717, 1.165) is 23.5 Å². The van der Waals surface area contributed by atoms with Gasteiger partial charge in [0.1, 0.15) is 0 Å². The zero-order valence-corrected chi connectivity index (χ0v) is 12.3. The summed E-state index contributed by atoms with van der Waals surface area (Å²) in [5.74, 6) is 5.88. The summed E-state index contributed by atoms with van der Waals surface area (Å²) in [6.07, 6.45) is 1.37. The van der Waals surface area contributed by atoms with E-state index in [-0.39, 0.29) is 12.5 Å².